The Morgan fingerprint density at radius 3 is 2.42 bits per heavy atom. The minimum atomic E-state index is -0.759. The molecule has 152 valence electrons. The van der Waals surface area contributed by atoms with Crippen LogP contribution in [0.25, 0.3) is 0 Å². The molecule has 0 amide bonds. The molecule has 0 saturated carbocycles. The van der Waals surface area contributed by atoms with Crippen molar-refractivity contribution < 1.29 is 54.6 Å². The van der Waals surface area contributed by atoms with Crippen molar-refractivity contribution in [2.45, 2.75) is 57.1 Å². The molecule has 8 atom stereocenters. The molecule has 8 heteroatoms. The van der Waals surface area contributed by atoms with E-state index in [0.29, 0.717) is 18.4 Å². The molecule has 2 bridgehead atoms. The van der Waals surface area contributed by atoms with E-state index in [-0.39, 0.29) is 45.0 Å². The average molecular weight is 546 g/mol. The third-order valence-electron chi connectivity index (χ3n) is 5.48. The van der Waals surface area contributed by atoms with Gasteiger partial charge in [0.2, 0.25) is 1.43 Å². The first-order chi connectivity index (χ1) is 12.4. The largest absolute Gasteiger partial charge is 2.00 e. The minimum absolute atomic E-state index is 0. The first kappa shape index (κ1) is 22.7. The molecule has 4 fully saturated rings. The SMILES string of the molecule is C[C@@H]1C2[CH-]OC(C)(CO2)[C@@H]1C.[3H]O[C@H]1OC(COC)[CH-]C(OC)C1OC.[W+2]. The molecule has 7 nitrogen and oxygen atoms in total. The van der Waals surface area contributed by atoms with E-state index in [1.54, 1.807) is 14.2 Å². The number of ether oxygens (including phenoxy) is 6. The molecule has 0 aliphatic carbocycles. The Morgan fingerprint density at radius 2 is 2.00 bits per heavy atom. The average Bonchev–Trinajstić information content (AvgIpc) is 2.66. The maximum absolute atomic E-state index is 6.90. The number of fused-ring (bicyclic) bond motifs is 3. The quantitative estimate of drug-likeness (QED) is 0.520. The predicted octanol–water partition coefficient (Wildman–Crippen LogP) is 1.19. The van der Waals surface area contributed by atoms with Gasteiger partial charge in [0.1, 0.15) is 6.10 Å². The van der Waals surface area contributed by atoms with Crippen LogP contribution in [0.15, 0.2) is 0 Å². The van der Waals surface area contributed by atoms with Gasteiger partial charge in [-0.15, -0.1) is 0 Å². The van der Waals surface area contributed by atoms with Crippen LogP contribution in [0.1, 0.15) is 20.8 Å². The Labute approximate surface area is 172 Å². The van der Waals surface area contributed by atoms with Crippen LogP contribution in [0, 0.1) is 24.9 Å². The number of hydrogen-bond acceptors (Lipinski definition) is 7. The molecular weight excluding hydrogens is 512 g/mol. The molecule has 0 spiro atoms. The van der Waals surface area contributed by atoms with E-state index in [2.05, 4.69) is 25.9 Å². The second-order valence-electron chi connectivity index (χ2n) is 7.08. The summed E-state index contributed by atoms with van der Waals surface area (Å²) in [5, 5.41) is 4.45. The summed E-state index contributed by atoms with van der Waals surface area (Å²) in [5.74, 6) is 1.20. The Bertz CT molecular complexity index is 409. The van der Waals surface area contributed by atoms with Crippen molar-refractivity contribution in [2.75, 3.05) is 34.5 Å². The van der Waals surface area contributed by atoms with Crippen LogP contribution in [-0.2, 0) is 49.5 Å². The normalized spacial score (nSPS) is 45.2. The van der Waals surface area contributed by atoms with Crippen molar-refractivity contribution in [1.29, 1.82) is 1.43 Å². The Morgan fingerprint density at radius 1 is 1.27 bits per heavy atom. The molecule has 1 N–H and O–H groups in total. The maximum atomic E-state index is 6.90. The summed E-state index contributed by atoms with van der Waals surface area (Å²) in [5.41, 5.74) is -0.0613. The van der Waals surface area contributed by atoms with Crippen molar-refractivity contribution in [2.24, 2.45) is 11.8 Å². The van der Waals surface area contributed by atoms with E-state index in [0.717, 1.165) is 6.61 Å². The summed E-state index contributed by atoms with van der Waals surface area (Å²) >= 11 is 0. The van der Waals surface area contributed by atoms with Gasteiger partial charge in [0, 0.05) is 27.9 Å². The van der Waals surface area contributed by atoms with Crippen LogP contribution in [-0.4, -0.2) is 77.4 Å². The standard InChI is InChI=1S/C9H17O5.C9H15O2.W/c1-11-5-6-4-7(12-2)8(13-3)9(10)14-6;1-6-7(2)9(3)5-10-8(6)4-11-9;/h4,6-10H,5H2,1-3H3;4,6-8H,5H2,1-3H3;/q2*-1;+2/t6?,7?,8?,9-;6-,7+,8?,9?;/m00./s1/i10T;;. The van der Waals surface area contributed by atoms with E-state index < -0.39 is 12.4 Å². The monoisotopic (exact) mass is 546 g/mol. The number of methoxy groups -OCH3 is 3. The van der Waals surface area contributed by atoms with Gasteiger partial charge in [-0.25, -0.2) is 0 Å². The molecule has 4 heterocycles. The van der Waals surface area contributed by atoms with E-state index in [4.69, 9.17) is 29.9 Å². The first-order valence-electron chi connectivity index (χ1n) is 9.10. The van der Waals surface area contributed by atoms with Gasteiger partial charge in [0.05, 0.1) is 12.2 Å². The molecule has 4 aliphatic rings. The van der Waals surface area contributed by atoms with E-state index in [9.17, 15) is 0 Å². The van der Waals surface area contributed by atoms with Crippen LogP contribution < -0.4 is 0 Å². The van der Waals surface area contributed by atoms with Gasteiger partial charge in [-0.3, -0.25) is 6.42 Å². The zero-order valence-electron chi connectivity index (χ0n) is 17.4. The summed E-state index contributed by atoms with van der Waals surface area (Å²) in [6, 6.07) is 0. The van der Waals surface area contributed by atoms with Crippen LogP contribution in [0.5, 0.6) is 0 Å². The predicted molar refractivity (Wildman–Crippen MR) is 90.5 cm³/mol. The van der Waals surface area contributed by atoms with Crippen LogP contribution in [0.2, 0.25) is 0 Å². The first-order valence-corrected chi connectivity index (χ1v) is 8.69. The molecule has 5 unspecified atom stereocenters. The zero-order valence-corrected chi connectivity index (χ0v) is 19.3. The summed E-state index contributed by atoms with van der Waals surface area (Å²) in [6.07, 6.45) is 0.367. The van der Waals surface area contributed by atoms with Gasteiger partial charge in [0.15, 0.2) is 6.29 Å². The van der Waals surface area contributed by atoms with E-state index in [1.807, 2.05) is 13.0 Å². The second kappa shape index (κ2) is 10.8. The Kier molecular flexibility index (Phi) is 9.44. The van der Waals surface area contributed by atoms with Crippen molar-refractivity contribution in [3.8, 4) is 0 Å². The number of aliphatic hydroxyl groups is 1. The van der Waals surface area contributed by atoms with Crippen molar-refractivity contribution in [3.05, 3.63) is 13.0 Å². The number of aliphatic hydroxyl groups excluding tert-OH is 1. The zero-order chi connectivity index (χ0) is 19.3. The second-order valence-corrected chi connectivity index (χ2v) is 7.08. The molecule has 0 aromatic heterocycles. The van der Waals surface area contributed by atoms with E-state index >= 15 is 0 Å². The summed E-state index contributed by atoms with van der Waals surface area (Å²) in [7, 11) is 4.68. The number of hydrogen-bond donors (Lipinski definition) is 1. The Hall–Kier alpha value is 0.408. The number of rotatable bonds is 5. The molecule has 0 aromatic rings. The molecule has 26 heavy (non-hydrogen) atoms. The fourth-order valence-electron chi connectivity index (χ4n) is 3.40. The van der Waals surface area contributed by atoms with Crippen molar-refractivity contribution in [1.82, 2.24) is 0 Å². The fourth-order valence-corrected chi connectivity index (χ4v) is 3.40. The molecular formula is C18H32O7W. The third kappa shape index (κ3) is 5.48. The van der Waals surface area contributed by atoms with Crippen LogP contribution >= 0.6 is 0 Å². The minimum Gasteiger partial charge on any atom is -0.543 e. The van der Waals surface area contributed by atoms with Crippen molar-refractivity contribution in [3.63, 3.8) is 0 Å². The molecule has 0 aromatic carbocycles. The maximum Gasteiger partial charge on any atom is 2.00 e. The topological polar surface area (TPSA) is 75.6 Å². The summed E-state index contributed by atoms with van der Waals surface area (Å²) in [4.78, 5) is 0. The summed E-state index contributed by atoms with van der Waals surface area (Å²) < 4.78 is 38.8. The van der Waals surface area contributed by atoms with Crippen molar-refractivity contribution >= 4 is 0 Å². The van der Waals surface area contributed by atoms with Gasteiger partial charge in [0.25, 0.3) is 0 Å². The van der Waals surface area contributed by atoms with Gasteiger partial charge in [-0.2, -0.15) is 6.61 Å². The smallest absolute Gasteiger partial charge is 0.543 e. The fraction of sp³-hybridized carbons (Fsp3) is 0.889. The third-order valence-corrected chi connectivity index (χ3v) is 5.48. The van der Waals surface area contributed by atoms with Crippen LogP contribution in [0.4, 0.5) is 0 Å². The summed E-state index contributed by atoms with van der Waals surface area (Å²) in [6.45, 7) is 9.60. The Balaban J connectivity index is 0.000000270. The molecule has 4 rings (SSSR count). The van der Waals surface area contributed by atoms with E-state index in [1.165, 1.54) is 7.11 Å². The molecule has 0 radical (unpaired) electrons. The molecule has 4 saturated heterocycles. The van der Waals surface area contributed by atoms with Gasteiger partial charge < -0.3 is 33.5 Å². The molecule has 4 aliphatic heterocycles. The van der Waals surface area contributed by atoms with Gasteiger partial charge in [-0.05, 0) is 37.1 Å². The van der Waals surface area contributed by atoms with Gasteiger partial charge in [-0.1, -0.05) is 13.8 Å². The van der Waals surface area contributed by atoms with Crippen LogP contribution in [0.3, 0.4) is 0 Å². The van der Waals surface area contributed by atoms with Gasteiger partial charge >= 0.3 is 21.1 Å².